The van der Waals surface area contributed by atoms with Crippen LogP contribution >= 0.6 is 35.0 Å². The van der Waals surface area contributed by atoms with Crippen molar-refractivity contribution in [3.63, 3.8) is 0 Å². The molecule has 0 spiro atoms. The first-order valence-electron chi connectivity index (χ1n) is 5.29. The van der Waals surface area contributed by atoms with Crippen molar-refractivity contribution in [2.45, 2.75) is 16.7 Å². The minimum atomic E-state index is -1.01. The fourth-order valence-corrected chi connectivity index (χ4v) is 3.25. The number of hydrogen-bond donors (Lipinski definition) is 1. The number of aromatic carboxylic acids is 1. The molecule has 0 saturated carbocycles. The molecule has 0 atom stereocenters. The standard InChI is InChI=1S/C13H9Cl2NO2S/c1-7-2-12(11(6-16-7)13(17)18)19-10-4-8(14)3-9(15)5-10/h2-6H,1H3,(H,17,18). The van der Waals surface area contributed by atoms with Crippen LogP contribution in [0.3, 0.4) is 0 Å². The molecule has 1 N–H and O–H groups in total. The molecule has 6 heteroatoms. The van der Waals surface area contributed by atoms with Gasteiger partial charge in [0, 0.05) is 31.7 Å². The third kappa shape index (κ3) is 3.62. The van der Waals surface area contributed by atoms with Gasteiger partial charge < -0.3 is 5.11 Å². The molecule has 0 aliphatic carbocycles. The number of nitrogens with zero attached hydrogens (tertiary/aromatic N) is 1. The molecule has 19 heavy (non-hydrogen) atoms. The highest BCUT2D eigenvalue weighted by molar-refractivity contribution is 7.99. The molecular formula is C13H9Cl2NO2S. The predicted molar refractivity (Wildman–Crippen MR) is 76.5 cm³/mol. The Labute approximate surface area is 124 Å². The van der Waals surface area contributed by atoms with Gasteiger partial charge in [-0.25, -0.2) is 4.79 Å². The van der Waals surface area contributed by atoms with Crippen molar-refractivity contribution in [3.8, 4) is 0 Å². The second-order valence-corrected chi connectivity index (χ2v) is 5.82. The van der Waals surface area contributed by atoms with E-state index in [0.29, 0.717) is 14.9 Å². The number of aromatic nitrogens is 1. The number of carbonyl (C=O) groups is 1. The second-order valence-electron chi connectivity index (χ2n) is 3.83. The van der Waals surface area contributed by atoms with Crippen LogP contribution in [0.2, 0.25) is 10.0 Å². The van der Waals surface area contributed by atoms with Gasteiger partial charge in [0.05, 0.1) is 5.56 Å². The van der Waals surface area contributed by atoms with E-state index in [4.69, 9.17) is 28.3 Å². The highest BCUT2D eigenvalue weighted by atomic mass is 35.5. The van der Waals surface area contributed by atoms with Crippen LogP contribution in [0.25, 0.3) is 0 Å². The molecular weight excluding hydrogens is 305 g/mol. The molecule has 2 rings (SSSR count). The summed E-state index contributed by atoms with van der Waals surface area (Å²) in [4.78, 5) is 16.5. The van der Waals surface area contributed by atoms with E-state index in [9.17, 15) is 4.79 Å². The predicted octanol–water partition coefficient (Wildman–Crippen LogP) is 4.55. The largest absolute Gasteiger partial charge is 0.478 e. The van der Waals surface area contributed by atoms with E-state index in [1.54, 1.807) is 31.2 Å². The summed E-state index contributed by atoms with van der Waals surface area (Å²) < 4.78 is 0. The molecule has 1 heterocycles. The van der Waals surface area contributed by atoms with Crippen molar-refractivity contribution in [1.29, 1.82) is 0 Å². The Bertz CT molecular complexity index is 626. The molecule has 0 aliphatic heterocycles. The fourth-order valence-electron chi connectivity index (χ4n) is 1.49. The first kappa shape index (κ1) is 14.2. The van der Waals surface area contributed by atoms with Gasteiger partial charge in [-0.05, 0) is 31.2 Å². The third-order valence-corrected chi connectivity index (χ3v) is 3.76. The molecule has 0 unspecified atom stereocenters. The fraction of sp³-hybridized carbons (Fsp3) is 0.0769. The van der Waals surface area contributed by atoms with Gasteiger partial charge >= 0.3 is 5.97 Å². The zero-order valence-corrected chi connectivity index (χ0v) is 12.2. The molecule has 0 bridgehead atoms. The Morgan fingerprint density at radius 3 is 2.42 bits per heavy atom. The number of aryl methyl sites for hydroxylation is 1. The van der Waals surface area contributed by atoms with Crippen molar-refractivity contribution in [3.05, 3.63) is 51.8 Å². The summed E-state index contributed by atoms with van der Waals surface area (Å²) in [7, 11) is 0. The molecule has 1 aromatic heterocycles. The molecule has 98 valence electrons. The Balaban J connectivity index is 2.42. The zero-order valence-electron chi connectivity index (χ0n) is 9.85. The van der Waals surface area contributed by atoms with Gasteiger partial charge in [-0.1, -0.05) is 35.0 Å². The van der Waals surface area contributed by atoms with Crippen LogP contribution < -0.4 is 0 Å². The van der Waals surface area contributed by atoms with E-state index < -0.39 is 5.97 Å². The van der Waals surface area contributed by atoms with Crippen LogP contribution in [0.4, 0.5) is 0 Å². The maximum Gasteiger partial charge on any atom is 0.338 e. The van der Waals surface area contributed by atoms with Crippen LogP contribution in [0, 0.1) is 6.92 Å². The maximum absolute atomic E-state index is 11.2. The van der Waals surface area contributed by atoms with E-state index >= 15 is 0 Å². The van der Waals surface area contributed by atoms with Crippen molar-refractivity contribution in [1.82, 2.24) is 4.98 Å². The number of hydrogen-bond acceptors (Lipinski definition) is 3. The average Bonchev–Trinajstić information content (AvgIpc) is 2.26. The smallest absolute Gasteiger partial charge is 0.338 e. The number of rotatable bonds is 3. The Morgan fingerprint density at radius 1 is 1.21 bits per heavy atom. The number of halogens is 2. The van der Waals surface area contributed by atoms with Crippen LogP contribution in [0.5, 0.6) is 0 Å². The molecule has 0 saturated heterocycles. The maximum atomic E-state index is 11.2. The van der Waals surface area contributed by atoms with Gasteiger partial charge in [0.1, 0.15) is 0 Å². The van der Waals surface area contributed by atoms with Gasteiger partial charge in [-0.2, -0.15) is 0 Å². The molecule has 3 nitrogen and oxygen atoms in total. The lowest BCUT2D eigenvalue weighted by atomic mass is 10.2. The minimum Gasteiger partial charge on any atom is -0.478 e. The number of carboxylic acids is 1. The Morgan fingerprint density at radius 2 is 1.84 bits per heavy atom. The van der Waals surface area contributed by atoms with Gasteiger partial charge in [-0.3, -0.25) is 4.98 Å². The SMILES string of the molecule is Cc1cc(Sc2cc(Cl)cc(Cl)c2)c(C(=O)O)cn1. The molecule has 2 aromatic rings. The lowest BCUT2D eigenvalue weighted by molar-refractivity contribution is 0.0692. The van der Waals surface area contributed by atoms with Gasteiger partial charge in [0.25, 0.3) is 0 Å². The third-order valence-electron chi connectivity index (χ3n) is 2.30. The first-order chi connectivity index (χ1) is 8.95. The lowest BCUT2D eigenvalue weighted by Crippen LogP contribution is -2.00. The average molecular weight is 314 g/mol. The normalized spacial score (nSPS) is 10.5. The monoisotopic (exact) mass is 313 g/mol. The molecule has 0 amide bonds. The number of carboxylic acid groups (broad SMARTS) is 1. The van der Waals surface area contributed by atoms with E-state index in [2.05, 4.69) is 4.98 Å². The van der Waals surface area contributed by atoms with Gasteiger partial charge in [0.2, 0.25) is 0 Å². The number of pyridine rings is 1. The Kier molecular flexibility index (Phi) is 4.34. The summed E-state index contributed by atoms with van der Waals surface area (Å²) in [6, 6.07) is 6.82. The van der Waals surface area contributed by atoms with Crippen molar-refractivity contribution < 1.29 is 9.90 Å². The highest BCUT2D eigenvalue weighted by Gasteiger charge is 2.12. The van der Waals surface area contributed by atoms with Gasteiger partial charge in [0.15, 0.2) is 0 Å². The Hall–Kier alpha value is -1.23. The summed E-state index contributed by atoms with van der Waals surface area (Å²) in [5.74, 6) is -1.01. The van der Waals surface area contributed by atoms with E-state index in [0.717, 1.165) is 10.6 Å². The molecule has 1 aromatic carbocycles. The van der Waals surface area contributed by atoms with Crippen molar-refractivity contribution in [2.24, 2.45) is 0 Å². The summed E-state index contributed by atoms with van der Waals surface area (Å²) in [6.45, 7) is 1.81. The number of benzene rings is 1. The summed E-state index contributed by atoms with van der Waals surface area (Å²) in [6.07, 6.45) is 1.35. The topological polar surface area (TPSA) is 50.2 Å². The molecule has 0 aliphatic rings. The molecule has 0 fully saturated rings. The summed E-state index contributed by atoms with van der Waals surface area (Å²) in [5, 5.41) is 10.2. The summed E-state index contributed by atoms with van der Waals surface area (Å²) in [5.41, 5.74) is 0.910. The zero-order chi connectivity index (χ0) is 14.0. The lowest BCUT2D eigenvalue weighted by Gasteiger charge is -2.07. The van der Waals surface area contributed by atoms with Crippen molar-refractivity contribution >= 4 is 40.9 Å². The summed E-state index contributed by atoms with van der Waals surface area (Å²) >= 11 is 13.1. The van der Waals surface area contributed by atoms with E-state index in [1.807, 2.05) is 0 Å². The van der Waals surface area contributed by atoms with Crippen LogP contribution in [-0.4, -0.2) is 16.1 Å². The second kappa shape index (κ2) is 5.82. The minimum absolute atomic E-state index is 0.159. The quantitative estimate of drug-likeness (QED) is 0.903. The van der Waals surface area contributed by atoms with Crippen LogP contribution in [0.15, 0.2) is 40.3 Å². The van der Waals surface area contributed by atoms with Gasteiger partial charge in [-0.15, -0.1) is 0 Å². The highest BCUT2D eigenvalue weighted by Crippen LogP contribution is 2.34. The van der Waals surface area contributed by atoms with E-state index in [-0.39, 0.29) is 5.56 Å². The molecule has 0 radical (unpaired) electrons. The van der Waals surface area contributed by atoms with Crippen LogP contribution in [0.1, 0.15) is 16.1 Å². The first-order valence-corrected chi connectivity index (χ1v) is 6.87. The van der Waals surface area contributed by atoms with Crippen molar-refractivity contribution in [2.75, 3.05) is 0 Å². The van der Waals surface area contributed by atoms with Crippen LogP contribution in [-0.2, 0) is 0 Å². The van der Waals surface area contributed by atoms with E-state index in [1.165, 1.54) is 18.0 Å².